The third-order valence-electron chi connectivity index (χ3n) is 13.5. The Balaban J connectivity index is 0.736. The molecule has 3 atom stereocenters. The number of hydrogen-bond donors (Lipinski definition) is 3. The molecule has 3 saturated heterocycles. The van der Waals surface area contributed by atoms with Crippen LogP contribution in [0.4, 0.5) is 21.0 Å². The highest BCUT2D eigenvalue weighted by Crippen LogP contribution is 2.40. The molecule has 10 rings (SSSR count). The Morgan fingerprint density at radius 1 is 0.970 bits per heavy atom. The lowest BCUT2D eigenvalue weighted by atomic mass is 9.87. The number of aryl methyl sites for hydroxylation is 1. The quantitative estimate of drug-likeness (QED) is 0.111. The number of aliphatic hydroxyl groups is 1. The number of ether oxygens (including phenoxy) is 2. The number of hydrogen-bond acceptors (Lipinski definition) is 14. The summed E-state index contributed by atoms with van der Waals surface area (Å²) in [6.07, 6.45) is 6.84. The number of piperidine rings is 2. The van der Waals surface area contributed by atoms with Gasteiger partial charge in [-0.05, 0) is 73.2 Å². The summed E-state index contributed by atoms with van der Waals surface area (Å²) in [6, 6.07) is 14.0. The number of imidazole rings is 1. The van der Waals surface area contributed by atoms with Crippen LogP contribution in [0.5, 0.6) is 5.75 Å². The van der Waals surface area contributed by atoms with Crippen molar-refractivity contribution in [3.05, 3.63) is 101 Å². The van der Waals surface area contributed by atoms with Gasteiger partial charge in [0.25, 0.3) is 11.8 Å². The van der Waals surface area contributed by atoms with Crippen molar-refractivity contribution in [2.24, 2.45) is 0 Å². The molecule has 3 unspecified atom stereocenters. The van der Waals surface area contributed by atoms with Gasteiger partial charge in [0.05, 0.1) is 36.8 Å². The van der Waals surface area contributed by atoms with Crippen LogP contribution in [0.2, 0.25) is 0 Å². The molecular formula is C47H51FN10O7S. The van der Waals surface area contributed by atoms with Gasteiger partial charge in [-0.3, -0.25) is 24.5 Å². The first-order valence-corrected chi connectivity index (χ1v) is 23.3. The highest BCUT2D eigenvalue weighted by atomic mass is 32.1. The molecule has 5 aliphatic heterocycles. The third kappa shape index (κ3) is 8.69. The van der Waals surface area contributed by atoms with Crippen molar-refractivity contribution in [2.75, 3.05) is 61.5 Å². The molecule has 0 spiro atoms. The van der Waals surface area contributed by atoms with Crippen molar-refractivity contribution in [3.8, 4) is 16.9 Å². The monoisotopic (exact) mass is 918 g/mol. The van der Waals surface area contributed by atoms with Gasteiger partial charge in [0.15, 0.2) is 17.5 Å². The SMILES string of the molecule is COC(Nc1nccs1)C(c1ncn2c1CCC2)N1Cc2c(F)cc(-c3ccc(N4CCN(C(=O)CC5(O)CCN(c6ccc(OC7CCC(=O)NC7=O)cn6)CC5)CC4)cc3)cc2C1=O. The number of halogens is 1. The van der Waals surface area contributed by atoms with Gasteiger partial charge >= 0.3 is 0 Å². The number of benzene rings is 2. The molecule has 5 aromatic rings. The molecule has 66 heavy (non-hydrogen) atoms. The molecule has 0 bridgehead atoms. The first kappa shape index (κ1) is 43.5. The maximum Gasteiger partial charge on any atom is 0.267 e. The van der Waals surface area contributed by atoms with E-state index in [9.17, 15) is 24.3 Å². The minimum atomic E-state index is -1.12. The van der Waals surface area contributed by atoms with Gasteiger partial charge in [0, 0.05) is 99.8 Å². The number of piperazine rings is 1. The summed E-state index contributed by atoms with van der Waals surface area (Å²) in [5.41, 5.74) is 3.67. The average molecular weight is 919 g/mol. The number of methoxy groups -OCH3 is 1. The van der Waals surface area contributed by atoms with Crippen molar-refractivity contribution in [3.63, 3.8) is 0 Å². The van der Waals surface area contributed by atoms with E-state index in [0.717, 1.165) is 42.0 Å². The van der Waals surface area contributed by atoms with E-state index >= 15 is 4.39 Å². The lowest BCUT2D eigenvalue weighted by Crippen LogP contribution is -2.52. The smallest absolute Gasteiger partial charge is 0.267 e. The number of amides is 4. The molecule has 8 heterocycles. The standard InChI is InChI=1S/C47H51FN10O7S/c1-64-44(53-46-49-14-22-66-46)42(41-36-3-2-15-57(36)28-51-41)58-27-34-33(45(58)62)23-30(24-35(34)48)29-4-6-31(7-5-29)54-18-20-56(21-19-54)40(60)25-47(63)12-16-55(17-13-47)38-10-8-32(26-50-38)65-37-9-11-39(59)52-43(37)61/h4-8,10,14,22-24,26,28,37,42,44,63H,2-3,9,11-13,15-21,25,27H2,1H3,(H,49,53)(H,52,59,61). The number of carbonyl (C=O) groups excluding carboxylic acids is 4. The van der Waals surface area contributed by atoms with Gasteiger partial charge in [0.2, 0.25) is 11.8 Å². The molecule has 3 fully saturated rings. The zero-order chi connectivity index (χ0) is 45.5. The van der Waals surface area contributed by atoms with Crippen LogP contribution < -0.4 is 25.2 Å². The Morgan fingerprint density at radius 3 is 2.48 bits per heavy atom. The second kappa shape index (κ2) is 18.1. The first-order valence-electron chi connectivity index (χ1n) is 22.5. The molecule has 344 valence electrons. The van der Waals surface area contributed by atoms with E-state index < -0.39 is 35.7 Å². The Morgan fingerprint density at radius 2 is 1.77 bits per heavy atom. The number of fused-ring (bicyclic) bond motifs is 2. The van der Waals surface area contributed by atoms with E-state index in [2.05, 4.69) is 35.0 Å². The number of imide groups is 1. The van der Waals surface area contributed by atoms with Crippen LogP contribution in [-0.4, -0.2) is 122 Å². The van der Waals surface area contributed by atoms with Gasteiger partial charge in [-0.1, -0.05) is 12.1 Å². The summed E-state index contributed by atoms with van der Waals surface area (Å²) in [5.74, 6) is -0.431. The Hall–Kier alpha value is -6.44. The molecule has 3 aromatic heterocycles. The Kier molecular flexibility index (Phi) is 11.9. The summed E-state index contributed by atoms with van der Waals surface area (Å²) in [4.78, 5) is 72.7. The second-order valence-corrected chi connectivity index (χ2v) is 18.5. The van der Waals surface area contributed by atoms with Crippen LogP contribution in [0.25, 0.3) is 11.1 Å². The summed E-state index contributed by atoms with van der Waals surface area (Å²) in [7, 11) is 1.58. The average Bonchev–Trinajstić information content (AvgIpc) is 4.16. The van der Waals surface area contributed by atoms with Crippen LogP contribution in [0.3, 0.4) is 0 Å². The third-order valence-corrected chi connectivity index (χ3v) is 14.2. The van der Waals surface area contributed by atoms with Crippen LogP contribution in [-0.2, 0) is 38.6 Å². The predicted molar refractivity (Wildman–Crippen MR) is 242 cm³/mol. The highest BCUT2D eigenvalue weighted by molar-refractivity contribution is 7.13. The fourth-order valence-electron chi connectivity index (χ4n) is 9.85. The van der Waals surface area contributed by atoms with Gasteiger partial charge in [-0.15, -0.1) is 11.3 Å². The fraction of sp³-hybridized carbons (Fsp3) is 0.426. The normalized spacial score (nSPS) is 20.2. The van der Waals surface area contributed by atoms with Crippen LogP contribution in [0, 0.1) is 5.82 Å². The van der Waals surface area contributed by atoms with Gasteiger partial charge in [0.1, 0.15) is 23.4 Å². The van der Waals surface area contributed by atoms with Crippen LogP contribution >= 0.6 is 11.3 Å². The van der Waals surface area contributed by atoms with Gasteiger partial charge < -0.3 is 44.1 Å². The Labute approximate surface area is 384 Å². The topological polar surface area (TPSA) is 188 Å². The zero-order valence-electron chi connectivity index (χ0n) is 36.5. The lowest BCUT2D eigenvalue weighted by molar-refractivity contribution is -0.139. The molecule has 0 saturated carbocycles. The maximum atomic E-state index is 16.1. The summed E-state index contributed by atoms with van der Waals surface area (Å²) in [5, 5.41) is 19.6. The molecule has 19 heteroatoms. The number of thiazole rings is 1. The first-order chi connectivity index (χ1) is 32.0. The molecule has 0 aliphatic carbocycles. The van der Waals surface area contributed by atoms with Crippen molar-refractivity contribution in [2.45, 2.75) is 82.0 Å². The molecule has 5 aliphatic rings. The number of aromatic nitrogens is 4. The van der Waals surface area contributed by atoms with Crippen molar-refractivity contribution < 1.29 is 38.1 Å². The number of anilines is 3. The molecular weight excluding hydrogens is 868 g/mol. The van der Waals surface area contributed by atoms with Gasteiger partial charge in [-0.25, -0.2) is 19.3 Å². The van der Waals surface area contributed by atoms with Crippen LogP contribution in [0.15, 0.2) is 72.6 Å². The number of rotatable bonds is 13. The molecule has 3 N–H and O–H groups in total. The number of carbonyl (C=O) groups is 4. The predicted octanol–water partition coefficient (Wildman–Crippen LogP) is 4.52. The number of nitrogens with one attached hydrogen (secondary N) is 2. The number of pyridine rings is 1. The van der Waals surface area contributed by atoms with E-state index in [4.69, 9.17) is 14.5 Å². The molecule has 17 nitrogen and oxygen atoms in total. The highest BCUT2D eigenvalue weighted by Gasteiger charge is 2.43. The van der Waals surface area contributed by atoms with E-state index in [1.807, 2.05) is 40.9 Å². The summed E-state index contributed by atoms with van der Waals surface area (Å²) < 4.78 is 29.9. The summed E-state index contributed by atoms with van der Waals surface area (Å²) in [6.45, 7) is 4.24. The minimum Gasteiger partial charge on any atom is -0.479 e. The largest absolute Gasteiger partial charge is 0.479 e. The van der Waals surface area contributed by atoms with E-state index in [1.165, 1.54) is 17.4 Å². The zero-order valence-corrected chi connectivity index (χ0v) is 37.3. The molecule has 2 aromatic carbocycles. The fourth-order valence-corrected chi connectivity index (χ4v) is 10.4. The summed E-state index contributed by atoms with van der Waals surface area (Å²) >= 11 is 1.42. The van der Waals surface area contributed by atoms with Crippen molar-refractivity contribution in [1.82, 2.24) is 34.6 Å². The Bertz CT molecular complexity index is 2610. The minimum absolute atomic E-state index is 0.0435. The van der Waals surface area contributed by atoms with Crippen molar-refractivity contribution >= 4 is 51.6 Å². The van der Waals surface area contributed by atoms with Crippen molar-refractivity contribution in [1.29, 1.82) is 0 Å². The lowest BCUT2D eigenvalue weighted by Gasteiger charge is -2.41. The second-order valence-electron chi connectivity index (χ2n) is 17.6. The van der Waals surface area contributed by atoms with Crippen LogP contribution in [0.1, 0.15) is 71.9 Å². The molecule has 0 radical (unpaired) electrons. The van der Waals surface area contributed by atoms with E-state index in [1.54, 1.807) is 42.6 Å². The van der Waals surface area contributed by atoms with E-state index in [0.29, 0.717) is 91.9 Å². The maximum absolute atomic E-state index is 16.1. The van der Waals surface area contributed by atoms with E-state index in [-0.39, 0.29) is 37.1 Å². The van der Waals surface area contributed by atoms with Gasteiger partial charge in [-0.2, -0.15) is 0 Å². The molecule has 4 amide bonds. The number of nitrogens with zero attached hydrogens (tertiary/aromatic N) is 8.